The largest absolute Gasteiger partial charge is 0.450 e. The molecule has 1 aliphatic carbocycles. The molecule has 0 spiro atoms. The van der Waals surface area contributed by atoms with Gasteiger partial charge in [0.05, 0.1) is 10.1 Å². The Morgan fingerprint density at radius 1 is 1.29 bits per heavy atom. The molecule has 3 nitrogen and oxygen atoms in total. The molecule has 0 heterocycles. The van der Waals surface area contributed by atoms with E-state index in [1.165, 1.54) is 12.2 Å². The summed E-state index contributed by atoms with van der Waals surface area (Å²) in [7, 11) is 0. The van der Waals surface area contributed by atoms with Crippen molar-refractivity contribution in [3.05, 3.63) is 22.2 Å². The first-order valence-corrected chi connectivity index (χ1v) is 6.23. The van der Waals surface area contributed by atoms with Crippen LogP contribution in [-0.4, -0.2) is 17.4 Å². The molecule has 0 aromatic heterocycles. The van der Waals surface area contributed by atoms with E-state index in [1.807, 2.05) is 13.8 Å². The highest BCUT2D eigenvalue weighted by Gasteiger charge is 2.34. The lowest BCUT2D eigenvalue weighted by Crippen LogP contribution is -2.33. The SMILES string of the molecule is CCCC(=O)OC1(CC)C=C(Cl)C(=O)C(Cl)=C1. The average molecular weight is 277 g/mol. The lowest BCUT2D eigenvalue weighted by atomic mass is 9.94. The minimum absolute atomic E-state index is 0.0105. The lowest BCUT2D eigenvalue weighted by molar-refractivity contribution is -0.152. The minimum Gasteiger partial charge on any atom is -0.450 e. The van der Waals surface area contributed by atoms with Crippen LogP contribution in [0, 0.1) is 0 Å². The molecule has 0 amide bonds. The highest BCUT2D eigenvalue weighted by atomic mass is 35.5. The van der Waals surface area contributed by atoms with Crippen LogP contribution in [0.5, 0.6) is 0 Å². The smallest absolute Gasteiger partial charge is 0.306 e. The topological polar surface area (TPSA) is 43.4 Å². The second-order valence-electron chi connectivity index (χ2n) is 3.85. The number of Topliss-reactive ketones (excluding diaryl/α,β-unsaturated/α-hetero) is 1. The van der Waals surface area contributed by atoms with Gasteiger partial charge < -0.3 is 4.74 Å². The number of hydrogen-bond acceptors (Lipinski definition) is 3. The molecule has 0 atom stereocenters. The van der Waals surface area contributed by atoms with E-state index in [0.29, 0.717) is 19.3 Å². The number of rotatable bonds is 4. The third-order valence-electron chi connectivity index (χ3n) is 2.49. The highest BCUT2D eigenvalue weighted by molar-refractivity contribution is 6.55. The van der Waals surface area contributed by atoms with Crippen LogP contribution < -0.4 is 0 Å². The van der Waals surface area contributed by atoms with Crippen molar-refractivity contribution in [2.75, 3.05) is 0 Å². The van der Waals surface area contributed by atoms with E-state index in [-0.39, 0.29) is 16.0 Å². The van der Waals surface area contributed by atoms with Gasteiger partial charge in [0.1, 0.15) is 0 Å². The van der Waals surface area contributed by atoms with Crippen LogP contribution in [0.25, 0.3) is 0 Å². The van der Waals surface area contributed by atoms with E-state index in [9.17, 15) is 9.59 Å². The molecule has 0 saturated heterocycles. The van der Waals surface area contributed by atoms with Crippen molar-refractivity contribution >= 4 is 35.0 Å². The van der Waals surface area contributed by atoms with Crippen LogP contribution in [0.4, 0.5) is 0 Å². The van der Waals surface area contributed by atoms with Crippen molar-refractivity contribution in [2.24, 2.45) is 0 Å². The van der Waals surface area contributed by atoms with E-state index < -0.39 is 11.4 Å². The van der Waals surface area contributed by atoms with Crippen molar-refractivity contribution in [3.63, 3.8) is 0 Å². The number of hydrogen-bond donors (Lipinski definition) is 0. The fourth-order valence-corrected chi connectivity index (χ4v) is 2.14. The Bertz CT molecular complexity index is 375. The molecular weight excluding hydrogens is 263 g/mol. The molecule has 0 fully saturated rings. The van der Waals surface area contributed by atoms with E-state index in [2.05, 4.69) is 0 Å². The van der Waals surface area contributed by atoms with Crippen LogP contribution in [0.1, 0.15) is 33.1 Å². The summed E-state index contributed by atoms with van der Waals surface area (Å²) in [6.07, 6.45) is 4.38. The number of esters is 1. The maximum absolute atomic E-state index is 11.5. The third-order valence-corrected chi connectivity index (χ3v) is 3.05. The molecule has 94 valence electrons. The normalized spacial score (nSPS) is 18.5. The van der Waals surface area contributed by atoms with Gasteiger partial charge in [-0.1, -0.05) is 37.0 Å². The molecular formula is C12H14Cl2O3. The molecule has 0 aliphatic heterocycles. The Morgan fingerprint density at radius 3 is 2.24 bits per heavy atom. The van der Waals surface area contributed by atoms with Gasteiger partial charge in [0.25, 0.3) is 0 Å². The fourth-order valence-electron chi connectivity index (χ4n) is 1.52. The Balaban J connectivity index is 2.97. The molecule has 0 saturated carbocycles. The monoisotopic (exact) mass is 276 g/mol. The summed E-state index contributed by atoms with van der Waals surface area (Å²) < 4.78 is 5.34. The first kappa shape index (κ1) is 14.3. The van der Waals surface area contributed by atoms with Crippen LogP contribution in [0.3, 0.4) is 0 Å². The highest BCUT2D eigenvalue weighted by Crippen LogP contribution is 2.32. The zero-order valence-electron chi connectivity index (χ0n) is 9.76. The molecule has 0 unspecified atom stereocenters. The summed E-state index contributed by atoms with van der Waals surface area (Å²) in [4.78, 5) is 22.9. The number of carbonyl (C=O) groups is 2. The summed E-state index contributed by atoms with van der Waals surface area (Å²) in [5.41, 5.74) is -0.992. The Labute approximate surface area is 110 Å². The second kappa shape index (κ2) is 5.69. The fraction of sp³-hybridized carbons (Fsp3) is 0.500. The molecule has 1 rings (SSSR count). The average Bonchev–Trinajstić information content (AvgIpc) is 2.26. The molecule has 1 aliphatic rings. The van der Waals surface area contributed by atoms with Crippen molar-refractivity contribution in [1.82, 2.24) is 0 Å². The quantitative estimate of drug-likeness (QED) is 0.740. The van der Waals surface area contributed by atoms with Crippen LogP contribution in [0.2, 0.25) is 0 Å². The van der Waals surface area contributed by atoms with E-state index >= 15 is 0 Å². The van der Waals surface area contributed by atoms with Crippen molar-refractivity contribution in [2.45, 2.75) is 38.7 Å². The Morgan fingerprint density at radius 2 is 1.82 bits per heavy atom. The number of halogens is 2. The maximum atomic E-state index is 11.5. The van der Waals surface area contributed by atoms with Gasteiger partial charge in [-0.15, -0.1) is 0 Å². The van der Waals surface area contributed by atoms with Crippen molar-refractivity contribution < 1.29 is 14.3 Å². The first-order chi connectivity index (χ1) is 7.94. The predicted molar refractivity (Wildman–Crippen MR) is 66.9 cm³/mol. The predicted octanol–water partition coefficient (Wildman–Crippen LogP) is 3.31. The van der Waals surface area contributed by atoms with Crippen LogP contribution in [0.15, 0.2) is 22.2 Å². The Hall–Kier alpha value is -0.800. The summed E-state index contributed by atoms with van der Waals surface area (Å²) in [5.74, 6) is -0.769. The molecule has 17 heavy (non-hydrogen) atoms. The third kappa shape index (κ3) is 3.33. The number of ether oxygens (including phenoxy) is 1. The Kier molecular flexibility index (Phi) is 4.78. The zero-order valence-corrected chi connectivity index (χ0v) is 11.3. The van der Waals surface area contributed by atoms with Gasteiger partial charge in [0, 0.05) is 6.42 Å². The number of ketones is 1. The van der Waals surface area contributed by atoms with Crippen LogP contribution in [-0.2, 0) is 14.3 Å². The summed E-state index contributed by atoms with van der Waals surface area (Å²) in [5, 5.41) is -0.0210. The second-order valence-corrected chi connectivity index (χ2v) is 4.66. The van der Waals surface area contributed by atoms with Gasteiger partial charge in [0.15, 0.2) is 5.60 Å². The van der Waals surface area contributed by atoms with Gasteiger partial charge in [-0.05, 0) is 25.0 Å². The van der Waals surface area contributed by atoms with Crippen LogP contribution >= 0.6 is 23.2 Å². The first-order valence-electron chi connectivity index (χ1n) is 5.47. The number of allylic oxidation sites excluding steroid dienone is 2. The summed E-state index contributed by atoms with van der Waals surface area (Å²) >= 11 is 11.6. The zero-order chi connectivity index (χ0) is 13.1. The van der Waals surface area contributed by atoms with Gasteiger partial charge in [-0.25, -0.2) is 0 Å². The molecule has 0 bridgehead atoms. The standard InChI is InChI=1S/C12H14Cl2O3/c1-3-5-10(15)17-12(4-2)6-8(13)11(16)9(14)7-12/h6-7H,3-5H2,1-2H3. The van der Waals surface area contributed by atoms with E-state index in [4.69, 9.17) is 27.9 Å². The van der Waals surface area contributed by atoms with E-state index in [0.717, 1.165) is 0 Å². The molecule has 0 aromatic rings. The number of carbonyl (C=O) groups excluding carboxylic acids is 2. The molecule has 0 aromatic carbocycles. The van der Waals surface area contributed by atoms with Crippen molar-refractivity contribution in [3.8, 4) is 0 Å². The molecule has 5 heteroatoms. The van der Waals surface area contributed by atoms with Gasteiger partial charge in [-0.2, -0.15) is 0 Å². The molecule has 0 N–H and O–H groups in total. The van der Waals surface area contributed by atoms with Crippen molar-refractivity contribution in [1.29, 1.82) is 0 Å². The van der Waals surface area contributed by atoms with Gasteiger partial charge in [0.2, 0.25) is 5.78 Å². The van der Waals surface area contributed by atoms with Gasteiger partial charge >= 0.3 is 5.97 Å². The minimum atomic E-state index is -0.992. The van der Waals surface area contributed by atoms with E-state index in [1.54, 1.807) is 0 Å². The summed E-state index contributed by atoms with van der Waals surface area (Å²) in [6, 6.07) is 0. The maximum Gasteiger partial charge on any atom is 0.306 e. The lowest BCUT2D eigenvalue weighted by Gasteiger charge is -2.29. The molecule has 0 radical (unpaired) electrons. The summed E-state index contributed by atoms with van der Waals surface area (Å²) in [6.45, 7) is 3.71. The van der Waals surface area contributed by atoms with Gasteiger partial charge in [-0.3, -0.25) is 9.59 Å².